The summed E-state index contributed by atoms with van der Waals surface area (Å²) in [6.07, 6.45) is 0.0680. The van der Waals surface area contributed by atoms with Gasteiger partial charge in [-0.15, -0.1) is 0 Å². The molecule has 6 heteroatoms. The van der Waals surface area contributed by atoms with E-state index in [0.29, 0.717) is 17.9 Å². The first-order valence-corrected chi connectivity index (χ1v) is 7.86. The van der Waals surface area contributed by atoms with Gasteiger partial charge in [-0.2, -0.15) is 0 Å². The van der Waals surface area contributed by atoms with Crippen LogP contribution in [0.3, 0.4) is 0 Å². The van der Waals surface area contributed by atoms with Crippen LogP contribution in [0.5, 0.6) is 11.5 Å². The monoisotopic (exact) mass is 328 g/mol. The van der Waals surface area contributed by atoms with Crippen molar-refractivity contribution in [1.82, 2.24) is 5.32 Å². The lowest BCUT2D eigenvalue weighted by Gasteiger charge is -2.23. The number of aromatic hydroxyl groups is 1. The standard InChI is InChI=1S/C18H20N2O4/c21-14-7-6-13(18-17(14)20-16(23)11-24-18)15(22)10-19-9-8-12-4-2-1-3-5-12/h1-7,15,19,21-22H,8-11H2,(H,20,23). The topological polar surface area (TPSA) is 90.8 Å². The molecular formula is C18H20N2O4. The molecule has 0 fully saturated rings. The van der Waals surface area contributed by atoms with E-state index in [1.165, 1.54) is 11.6 Å². The third kappa shape index (κ3) is 3.67. The number of carbonyl (C=O) groups is 1. The summed E-state index contributed by atoms with van der Waals surface area (Å²) in [7, 11) is 0. The van der Waals surface area contributed by atoms with E-state index in [-0.39, 0.29) is 24.0 Å². The van der Waals surface area contributed by atoms with Gasteiger partial charge in [-0.1, -0.05) is 30.3 Å². The lowest BCUT2D eigenvalue weighted by Crippen LogP contribution is -2.28. The summed E-state index contributed by atoms with van der Waals surface area (Å²) in [6, 6.07) is 13.1. The first kappa shape index (κ1) is 16.3. The fourth-order valence-electron chi connectivity index (χ4n) is 2.67. The Morgan fingerprint density at radius 3 is 2.79 bits per heavy atom. The van der Waals surface area contributed by atoms with Crippen molar-refractivity contribution in [3.63, 3.8) is 0 Å². The second-order valence-electron chi connectivity index (χ2n) is 5.67. The van der Waals surface area contributed by atoms with Gasteiger partial charge in [0.1, 0.15) is 11.4 Å². The second-order valence-corrected chi connectivity index (χ2v) is 5.67. The minimum atomic E-state index is -0.801. The number of hydrogen-bond acceptors (Lipinski definition) is 5. The van der Waals surface area contributed by atoms with Crippen molar-refractivity contribution < 1.29 is 19.7 Å². The predicted molar refractivity (Wildman–Crippen MR) is 90.2 cm³/mol. The van der Waals surface area contributed by atoms with Gasteiger partial charge in [-0.25, -0.2) is 0 Å². The van der Waals surface area contributed by atoms with E-state index in [1.54, 1.807) is 6.07 Å². The second kappa shape index (κ2) is 7.33. The van der Waals surface area contributed by atoms with Crippen LogP contribution in [-0.4, -0.2) is 35.8 Å². The van der Waals surface area contributed by atoms with Crippen LogP contribution in [0.1, 0.15) is 17.2 Å². The molecule has 0 bridgehead atoms. The molecular weight excluding hydrogens is 308 g/mol. The number of carbonyl (C=O) groups excluding carboxylic acids is 1. The average Bonchev–Trinajstić information content (AvgIpc) is 2.60. The van der Waals surface area contributed by atoms with Gasteiger partial charge in [0.15, 0.2) is 12.4 Å². The van der Waals surface area contributed by atoms with E-state index in [4.69, 9.17) is 4.74 Å². The molecule has 0 spiro atoms. The number of anilines is 1. The number of ether oxygens (including phenoxy) is 1. The van der Waals surface area contributed by atoms with E-state index < -0.39 is 6.10 Å². The summed E-state index contributed by atoms with van der Waals surface area (Å²) >= 11 is 0. The minimum absolute atomic E-state index is 0.0777. The van der Waals surface area contributed by atoms with E-state index >= 15 is 0 Å². The van der Waals surface area contributed by atoms with Crippen molar-refractivity contribution in [1.29, 1.82) is 0 Å². The van der Waals surface area contributed by atoms with Crippen LogP contribution >= 0.6 is 0 Å². The van der Waals surface area contributed by atoms with Gasteiger partial charge in [0.2, 0.25) is 0 Å². The van der Waals surface area contributed by atoms with E-state index in [0.717, 1.165) is 13.0 Å². The molecule has 0 aliphatic carbocycles. The molecule has 2 aromatic carbocycles. The summed E-state index contributed by atoms with van der Waals surface area (Å²) in [5.41, 5.74) is 1.98. The molecule has 3 rings (SSSR count). The molecule has 1 unspecified atom stereocenters. The fraction of sp³-hybridized carbons (Fsp3) is 0.278. The predicted octanol–water partition coefficient (Wildman–Crippen LogP) is 1.59. The molecule has 4 N–H and O–H groups in total. The highest BCUT2D eigenvalue weighted by Crippen LogP contribution is 2.41. The summed E-state index contributed by atoms with van der Waals surface area (Å²) in [4.78, 5) is 11.4. The molecule has 1 aliphatic heterocycles. The maximum absolute atomic E-state index is 11.4. The van der Waals surface area contributed by atoms with E-state index in [2.05, 4.69) is 22.8 Å². The highest BCUT2D eigenvalue weighted by atomic mass is 16.5. The Labute approximate surface area is 140 Å². The smallest absolute Gasteiger partial charge is 0.262 e. The Kier molecular flexibility index (Phi) is 4.98. The number of fused-ring (bicyclic) bond motifs is 1. The van der Waals surface area contributed by atoms with Crippen molar-refractivity contribution in [2.24, 2.45) is 0 Å². The van der Waals surface area contributed by atoms with Crippen molar-refractivity contribution in [3.8, 4) is 11.5 Å². The number of amides is 1. The molecule has 0 radical (unpaired) electrons. The largest absolute Gasteiger partial charge is 0.506 e. The quantitative estimate of drug-likeness (QED) is 0.477. The van der Waals surface area contributed by atoms with Crippen LogP contribution in [0.4, 0.5) is 5.69 Å². The molecule has 1 atom stereocenters. The van der Waals surface area contributed by atoms with Gasteiger partial charge in [0.05, 0.1) is 6.10 Å². The Hall–Kier alpha value is -2.57. The Morgan fingerprint density at radius 1 is 1.21 bits per heavy atom. The van der Waals surface area contributed by atoms with Gasteiger partial charge in [-0.3, -0.25) is 4.79 Å². The normalized spacial score (nSPS) is 14.5. The van der Waals surface area contributed by atoms with Gasteiger partial charge in [0, 0.05) is 12.1 Å². The number of rotatable bonds is 6. The Bertz CT molecular complexity index is 718. The molecule has 1 heterocycles. The number of nitrogens with one attached hydrogen (secondary N) is 2. The number of hydrogen-bond donors (Lipinski definition) is 4. The molecule has 24 heavy (non-hydrogen) atoms. The summed E-state index contributed by atoms with van der Waals surface area (Å²) < 4.78 is 5.38. The van der Waals surface area contributed by atoms with E-state index in [1.807, 2.05) is 18.2 Å². The van der Waals surface area contributed by atoms with Gasteiger partial charge < -0.3 is 25.6 Å². The SMILES string of the molecule is O=C1COc2c(C(O)CNCCc3ccccc3)ccc(O)c2N1. The first-order chi connectivity index (χ1) is 11.6. The molecule has 0 saturated heterocycles. The van der Waals surface area contributed by atoms with Crippen LogP contribution in [-0.2, 0) is 11.2 Å². The number of phenols is 1. The third-order valence-corrected chi connectivity index (χ3v) is 3.91. The molecule has 126 valence electrons. The number of benzene rings is 2. The first-order valence-electron chi connectivity index (χ1n) is 7.86. The molecule has 0 aromatic heterocycles. The van der Waals surface area contributed by atoms with Gasteiger partial charge in [0.25, 0.3) is 5.91 Å². The lowest BCUT2D eigenvalue weighted by atomic mass is 10.0. The summed E-state index contributed by atoms with van der Waals surface area (Å²) in [5, 5.41) is 26.0. The number of aliphatic hydroxyl groups excluding tert-OH is 1. The zero-order chi connectivity index (χ0) is 16.9. The van der Waals surface area contributed by atoms with Crippen molar-refractivity contribution in [2.45, 2.75) is 12.5 Å². The molecule has 6 nitrogen and oxygen atoms in total. The van der Waals surface area contributed by atoms with Crippen LogP contribution in [0, 0.1) is 0 Å². The zero-order valence-electron chi connectivity index (χ0n) is 13.2. The average molecular weight is 328 g/mol. The highest BCUT2D eigenvalue weighted by molar-refractivity contribution is 5.97. The van der Waals surface area contributed by atoms with Crippen molar-refractivity contribution in [3.05, 3.63) is 53.6 Å². The number of phenolic OH excluding ortho intramolecular Hbond substituents is 1. The van der Waals surface area contributed by atoms with Gasteiger partial charge >= 0.3 is 0 Å². The molecule has 0 saturated carbocycles. The number of aliphatic hydroxyl groups is 1. The molecule has 1 amide bonds. The van der Waals surface area contributed by atoms with Crippen molar-refractivity contribution in [2.75, 3.05) is 25.0 Å². The molecule has 1 aliphatic rings. The van der Waals surface area contributed by atoms with Crippen LogP contribution in [0.15, 0.2) is 42.5 Å². The summed E-state index contributed by atoms with van der Waals surface area (Å²) in [5.74, 6) is -0.0802. The maximum Gasteiger partial charge on any atom is 0.262 e. The third-order valence-electron chi connectivity index (χ3n) is 3.91. The Morgan fingerprint density at radius 2 is 2.00 bits per heavy atom. The van der Waals surface area contributed by atoms with Crippen LogP contribution < -0.4 is 15.4 Å². The van der Waals surface area contributed by atoms with E-state index in [9.17, 15) is 15.0 Å². The lowest BCUT2D eigenvalue weighted by molar-refractivity contribution is -0.118. The fourth-order valence-corrected chi connectivity index (χ4v) is 2.67. The van der Waals surface area contributed by atoms with Crippen molar-refractivity contribution >= 4 is 11.6 Å². The maximum atomic E-state index is 11.4. The van der Waals surface area contributed by atoms with Crippen LogP contribution in [0.2, 0.25) is 0 Å². The zero-order valence-corrected chi connectivity index (χ0v) is 13.2. The van der Waals surface area contributed by atoms with Crippen LogP contribution in [0.25, 0.3) is 0 Å². The minimum Gasteiger partial charge on any atom is -0.506 e. The molecule has 2 aromatic rings. The highest BCUT2D eigenvalue weighted by Gasteiger charge is 2.25. The van der Waals surface area contributed by atoms with Gasteiger partial charge in [-0.05, 0) is 30.7 Å². The Balaban J connectivity index is 1.60. The summed E-state index contributed by atoms with van der Waals surface area (Å²) in [6.45, 7) is 0.956.